The summed E-state index contributed by atoms with van der Waals surface area (Å²) in [4.78, 5) is 2.48. The standard InChI is InChI=1S/C42H27NS/c1-2-12-28(13-3-1)29-17-10-18-33(24-29)43(40-26-32-16-6-7-19-34(32)35-20-8-9-21-36(35)40)39-23-11-22-37-38-25-30-14-4-5-15-31(30)27-41(38)44-42(37)39/h1-27H. The molecule has 1 heterocycles. The minimum absolute atomic E-state index is 1.14. The van der Waals surface area contributed by atoms with Gasteiger partial charge in [0, 0.05) is 26.5 Å². The number of benzene rings is 8. The summed E-state index contributed by atoms with van der Waals surface area (Å²) in [7, 11) is 0. The van der Waals surface area contributed by atoms with Gasteiger partial charge in [-0.3, -0.25) is 0 Å². The summed E-state index contributed by atoms with van der Waals surface area (Å²) in [6.07, 6.45) is 0. The summed E-state index contributed by atoms with van der Waals surface area (Å²) < 4.78 is 2.60. The molecule has 8 aromatic carbocycles. The van der Waals surface area contributed by atoms with Gasteiger partial charge in [-0.2, -0.15) is 0 Å². The lowest BCUT2D eigenvalue weighted by molar-refractivity contribution is 1.32. The fourth-order valence-electron chi connectivity index (χ4n) is 6.73. The highest BCUT2D eigenvalue weighted by Gasteiger charge is 2.21. The predicted octanol–water partition coefficient (Wildman–Crippen LogP) is 12.7. The zero-order valence-electron chi connectivity index (χ0n) is 23.9. The van der Waals surface area contributed by atoms with Crippen molar-refractivity contribution in [1.82, 2.24) is 0 Å². The van der Waals surface area contributed by atoms with E-state index in [-0.39, 0.29) is 0 Å². The average Bonchev–Trinajstić information content (AvgIpc) is 3.46. The van der Waals surface area contributed by atoms with Gasteiger partial charge in [0.05, 0.1) is 16.1 Å². The van der Waals surface area contributed by atoms with E-state index in [9.17, 15) is 0 Å². The number of thiophene rings is 1. The van der Waals surface area contributed by atoms with Gasteiger partial charge in [-0.1, -0.05) is 127 Å². The maximum Gasteiger partial charge on any atom is 0.0640 e. The third kappa shape index (κ3) is 4.00. The molecule has 0 N–H and O–H groups in total. The van der Waals surface area contributed by atoms with Crippen LogP contribution in [-0.2, 0) is 0 Å². The molecular weight excluding hydrogens is 551 g/mol. The minimum Gasteiger partial charge on any atom is -0.308 e. The van der Waals surface area contributed by atoms with Crippen LogP contribution in [-0.4, -0.2) is 0 Å². The van der Waals surface area contributed by atoms with Gasteiger partial charge < -0.3 is 4.90 Å². The topological polar surface area (TPSA) is 3.24 Å². The molecular formula is C42H27NS. The van der Waals surface area contributed by atoms with Crippen LogP contribution in [0.15, 0.2) is 164 Å². The molecule has 0 aliphatic heterocycles. The highest BCUT2D eigenvalue weighted by atomic mass is 32.1. The number of rotatable bonds is 4. The molecule has 0 aliphatic rings. The van der Waals surface area contributed by atoms with Gasteiger partial charge in [-0.15, -0.1) is 11.3 Å². The minimum atomic E-state index is 1.14. The molecule has 1 aromatic heterocycles. The Bertz CT molecular complexity index is 2510. The molecule has 0 fully saturated rings. The first-order valence-corrected chi connectivity index (χ1v) is 15.8. The van der Waals surface area contributed by atoms with Gasteiger partial charge in [-0.05, 0) is 74.5 Å². The number of anilines is 3. The van der Waals surface area contributed by atoms with E-state index in [1.807, 2.05) is 11.3 Å². The summed E-state index contributed by atoms with van der Waals surface area (Å²) in [5, 5.41) is 10.2. The lowest BCUT2D eigenvalue weighted by atomic mass is 9.98. The van der Waals surface area contributed by atoms with E-state index in [0.29, 0.717) is 0 Å². The maximum absolute atomic E-state index is 2.48. The second-order valence-electron chi connectivity index (χ2n) is 11.4. The van der Waals surface area contributed by atoms with E-state index in [2.05, 4.69) is 169 Å². The predicted molar refractivity (Wildman–Crippen MR) is 192 cm³/mol. The first-order chi connectivity index (χ1) is 21.8. The zero-order valence-corrected chi connectivity index (χ0v) is 24.8. The van der Waals surface area contributed by atoms with Gasteiger partial charge in [0.1, 0.15) is 0 Å². The molecule has 0 saturated carbocycles. The first-order valence-electron chi connectivity index (χ1n) is 15.0. The van der Waals surface area contributed by atoms with E-state index in [1.165, 1.54) is 75.0 Å². The monoisotopic (exact) mass is 577 g/mol. The van der Waals surface area contributed by atoms with Crippen molar-refractivity contribution < 1.29 is 0 Å². The van der Waals surface area contributed by atoms with E-state index in [1.54, 1.807) is 0 Å². The van der Waals surface area contributed by atoms with Crippen LogP contribution in [0.3, 0.4) is 0 Å². The highest BCUT2D eigenvalue weighted by Crippen LogP contribution is 2.48. The molecule has 0 atom stereocenters. The molecule has 0 unspecified atom stereocenters. The molecule has 0 saturated heterocycles. The summed E-state index contributed by atoms with van der Waals surface area (Å²) in [5.41, 5.74) is 5.93. The van der Waals surface area contributed by atoms with Crippen LogP contribution < -0.4 is 4.90 Å². The van der Waals surface area contributed by atoms with Crippen LogP contribution in [0.25, 0.3) is 63.6 Å². The quantitative estimate of drug-likeness (QED) is 0.188. The normalized spacial score (nSPS) is 11.6. The SMILES string of the molecule is c1ccc(-c2cccc(N(c3cc4ccccc4c4ccccc34)c3cccc4c3sc3cc5ccccc5cc34)c2)cc1. The summed E-state index contributed by atoms with van der Waals surface area (Å²) >= 11 is 1.89. The molecule has 0 aliphatic carbocycles. The van der Waals surface area contributed by atoms with Crippen LogP contribution in [0.4, 0.5) is 17.1 Å². The molecule has 44 heavy (non-hydrogen) atoms. The van der Waals surface area contributed by atoms with E-state index in [4.69, 9.17) is 0 Å². The molecule has 0 spiro atoms. The highest BCUT2D eigenvalue weighted by molar-refractivity contribution is 7.26. The van der Waals surface area contributed by atoms with E-state index >= 15 is 0 Å². The van der Waals surface area contributed by atoms with Crippen molar-refractivity contribution in [2.24, 2.45) is 0 Å². The van der Waals surface area contributed by atoms with Crippen molar-refractivity contribution >= 4 is 80.9 Å². The molecule has 2 heteroatoms. The van der Waals surface area contributed by atoms with Crippen molar-refractivity contribution in [2.75, 3.05) is 4.90 Å². The number of fused-ring (bicyclic) bond motifs is 7. The summed E-state index contributed by atoms with van der Waals surface area (Å²) in [6, 6.07) is 59.8. The third-order valence-electron chi connectivity index (χ3n) is 8.78. The van der Waals surface area contributed by atoms with Crippen LogP contribution in [0, 0.1) is 0 Å². The van der Waals surface area contributed by atoms with Gasteiger partial charge in [-0.25, -0.2) is 0 Å². The number of hydrogen-bond acceptors (Lipinski definition) is 2. The van der Waals surface area contributed by atoms with Gasteiger partial charge in [0.2, 0.25) is 0 Å². The second-order valence-corrected chi connectivity index (χ2v) is 12.4. The van der Waals surface area contributed by atoms with Crippen LogP contribution >= 0.6 is 11.3 Å². The largest absolute Gasteiger partial charge is 0.308 e. The zero-order chi connectivity index (χ0) is 29.0. The number of nitrogens with zero attached hydrogens (tertiary/aromatic N) is 1. The van der Waals surface area contributed by atoms with Gasteiger partial charge in [0.25, 0.3) is 0 Å². The Morgan fingerprint density at radius 1 is 0.364 bits per heavy atom. The van der Waals surface area contributed by atoms with Gasteiger partial charge in [0.15, 0.2) is 0 Å². The fraction of sp³-hybridized carbons (Fsp3) is 0. The van der Waals surface area contributed by atoms with Crippen molar-refractivity contribution in [3.8, 4) is 11.1 Å². The van der Waals surface area contributed by atoms with Crippen molar-refractivity contribution in [1.29, 1.82) is 0 Å². The summed E-state index contributed by atoms with van der Waals surface area (Å²) in [5.74, 6) is 0. The Kier molecular flexibility index (Phi) is 5.75. The fourth-order valence-corrected chi connectivity index (χ4v) is 7.96. The van der Waals surface area contributed by atoms with Gasteiger partial charge >= 0.3 is 0 Å². The molecule has 1 nitrogen and oxygen atoms in total. The van der Waals surface area contributed by atoms with Crippen molar-refractivity contribution in [3.63, 3.8) is 0 Å². The first kappa shape index (κ1) is 25.1. The van der Waals surface area contributed by atoms with E-state index in [0.717, 1.165) is 5.69 Å². The Balaban J connectivity index is 1.38. The molecule has 9 aromatic rings. The Morgan fingerprint density at radius 3 is 1.84 bits per heavy atom. The molecule has 0 radical (unpaired) electrons. The molecule has 0 amide bonds. The Labute approximate surface area is 259 Å². The maximum atomic E-state index is 2.48. The molecule has 0 bridgehead atoms. The Hall–Kier alpha value is -5.44. The second kappa shape index (κ2) is 10.1. The average molecular weight is 578 g/mol. The Morgan fingerprint density at radius 2 is 1.00 bits per heavy atom. The number of hydrogen-bond donors (Lipinski definition) is 0. The van der Waals surface area contributed by atoms with Crippen molar-refractivity contribution in [2.45, 2.75) is 0 Å². The molecule has 9 rings (SSSR count). The third-order valence-corrected chi connectivity index (χ3v) is 9.97. The van der Waals surface area contributed by atoms with Crippen LogP contribution in [0.1, 0.15) is 0 Å². The van der Waals surface area contributed by atoms with E-state index < -0.39 is 0 Å². The lowest BCUT2D eigenvalue weighted by Gasteiger charge is -2.28. The van der Waals surface area contributed by atoms with Crippen molar-refractivity contribution in [3.05, 3.63) is 164 Å². The smallest absolute Gasteiger partial charge is 0.0640 e. The van der Waals surface area contributed by atoms with Crippen LogP contribution in [0.2, 0.25) is 0 Å². The lowest BCUT2D eigenvalue weighted by Crippen LogP contribution is -2.11. The summed E-state index contributed by atoms with van der Waals surface area (Å²) in [6.45, 7) is 0. The van der Waals surface area contributed by atoms with Crippen LogP contribution in [0.5, 0.6) is 0 Å². The molecule has 206 valence electrons.